The van der Waals surface area contributed by atoms with E-state index in [4.69, 9.17) is 4.74 Å². The van der Waals surface area contributed by atoms with E-state index in [1.54, 1.807) is 9.08 Å². The Morgan fingerprint density at radius 2 is 1.76 bits per heavy atom. The van der Waals surface area contributed by atoms with Gasteiger partial charge >= 0.3 is 0 Å². The number of fused-ring (bicyclic) bond motifs is 1. The first-order valence-electron chi connectivity index (χ1n) is 14.2. The average Bonchev–Trinajstić information content (AvgIpc) is 3.65. The van der Waals surface area contributed by atoms with E-state index in [9.17, 15) is 9.59 Å². The van der Waals surface area contributed by atoms with Crippen molar-refractivity contribution < 1.29 is 9.53 Å². The molecule has 6 rings (SSSR count). The second-order valence-corrected chi connectivity index (χ2v) is 10.6. The quantitative estimate of drug-likeness (QED) is 0.270. The molecule has 0 saturated heterocycles. The molecule has 0 bridgehead atoms. The molecule has 1 N–H and O–H groups in total. The van der Waals surface area contributed by atoms with E-state index in [-0.39, 0.29) is 24.0 Å². The number of carbonyl (C=O) groups is 1. The van der Waals surface area contributed by atoms with E-state index < -0.39 is 0 Å². The number of amides is 1. The third kappa shape index (κ3) is 5.21. The molecule has 9 heteroatoms. The highest BCUT2D eigenvalue weighted by atomic mass is 16.5. The molecule has 3 aromatic carbocycles. The minimum Gasteiger partial charge on any atom is -0.491 e. The maximum absolute atomic E-state index is 14.3. The lowest BCUT2D eigenvalue weighted by Crippen LogP contribution is -2.28. The van der Waals surface area contributed by atoms with Crippen LogP contribution in [0.2, 0.25) is 0 Å². The molecule has 2 aromatic heterocycles. The van der Waals surface area contributed by atoms with Crippen molar-refractivity contribution in [2.45, 2.75) is 52.6 Å². The van der Waals surface area contributed by atoms with E-state index in [1.165, 1.54) is 6.33 Å². The van der Waals surface area contributed by atoms with Crippen LogP contribution >= 0.6 is 0 Å². The van der Waals surface area contributed by atoms with Crippen LogP contribution in [0.15, 0.2) is 89.0 Å². The van der Waals surface area contributed by atoms with Crippen LogP contribution in [0.4, 0.5) is 0 Å². The summed E-state index contributed by atoms with van der Waals surface area (Å²) in [6, 6.07) is 23.6. The van der Waals surface area contributed by atoms with E-state index in [2.05, 4.69) is 27.5 Å². The smallest absolute Gasteiger partial charge is 0.263 e. The van der Waals surface area contributed by atoms with Gasteiger partial charge in [-0.1, -0.05) is 55.8 Å². The molecule has 0 saturated carbocycles. The lowest BCUT2D eigenvalue weighted by Gasteiger charge is -2.17. The molecule has 212 valence electrons. The van der Waals surface area contributed by atoms with Gasteiger partial charge in [0.05, 0.1) is 29.6 Å². The molecule has 3 heterocycles. The van der Waals surface area contributed by atoms with Crippen molar-refractivity contribution >= 4 is 17.4 Å². The van der Waals surface area contributed by atoms with Gasteiger partial charge in [0.1, 0.15) is 12.1 Å². The topological polar surface area (TPSA) is 103 Å². The molecule has 0 atom stereocenters. The zero-order valence-electron chi connectivity index (χ0n) is 23.9. The number of hydrazone groups is 1. The van der Waals surface area contributed by atoms with Gasteiger partial charge in [-0.25, -0.2) is 14.5 Å². The van der Waals surface area contributed by atoms with Gasteiger partial charge in [-0.05, 0) is 67.3 Å². The third-order valence-corrected chi connectivity index (χ3v) is 7.25. The molecule has 1 aliphatic heterocycles. The predicted molar refractivity (Wildman–Crippen MR) is 162 cm³/mol. The Bertz CT molecular complexity index is 1850. The van der Waals surface area contributed by atoms with Crippen LogP contribution < -0.4 is 15.7 Å². The molecule has 9 nitrogen and oxygen atoms in total. The molecule has 1 amide bonds. The Morgan fingerprint density at radius 1 is 0.976 bits per heavy atom. The van der Waals surface area contributed by atoms with E-state index in [0.717, 1.165) is 40.1 Å². The Hall–Kier alpha value is -5.05. The summed E-state index contributed by atoms with van der Waals surface area (Å²) < 4.78 is 9.20. The highest BCUT2D eigenvalue weighted by molar-refractivity contribution is 6.16. The summed E-state index contributed by atoms with van der Waals surface area (Å²) in [7, 11) is 0. The Morgan fingerprint density at radius 3 is 2.45 bits per heavy atom. The first-order chi connectivity index (χ1) is 20.4. The second kappa shape index (κ2) is 11.4. The standard InChI is InChI=1S/C33H32N6O3/c1-4-8-30-28(32(41)38(33-34-20-35-39(30)33)24-12-14-25(15-13-24)42-21(2)3)18-22-11-16-26(23-9-6-5-7-10-23)27(17-22)29-19-31(40)37-36-29/h5-7,9-17,20-21H,4,8,18-19H2,1-3H3,(H,37,40). The van der Waals surface area contributed by atoms with Crippen molar-refractivity contribution in [2.75, 3.05) is 0 Å². The van der Waals surface area contributed by atoms with Crippen molar-refractivity contribution in [3.63, 3.8) is 0 Å². The number of ether oxygens (including phenoxy) is 1. The highest BCUT2D eigenvalue weighted by Gasteiger charge is 2.23. The summed E-state index contributed by atoms with van der Waals surface area (Å²) in [5, 5.41) is 8.84. The first-order valence-corrected chi connectivity index (χ1v) is 14.2. The number of aromatic nitrogens is 4. The van der Waals surface area contributed by atoms with Crippen molar-refractivity contribution in [3.05, 3.63) is 112 Å². The maximum Gasteiger partial charge on any atom is 0.263 e. The Balaban J connectivity index is 1.48. The third-order valence-electron chi connectivity index (χ3n) is 7.25. The fourth-order valence-corrected chi connectivity index (χ4v) is 5.44. The summed E-state index contributed by atoms with van der Waals surface area (Å²) >= 11 is 0. The zero-order valence-corrected chi connectivity index (χ0v) is 23.9. The van der Waals surface area contributed by atoms with Crippen LogP contribution in [0.25, 0.3) is 22.6 Å². The van der Waals surface area contributed by atoms with Gasteiger partial charge in [0, 0.05) is 17.5 Å². The molecular formula is C33H32N6O3. The van der Waals surface area contributed by atoms with E-state index in [0.29, 0.717) is 35.6 Å². The number of hydrogen-bond acceptors (Lipinski definition) is 6. The van der Waals surface area contributed by atoms with E-state index >= 15 is 0 Å². The van der Waals surface area contributed by atoms with Gasteiger partial charge in [0.25, 0.3) is 5.56 Å². The molecule has 5 aromatic rings. The first kappa shape index (κ1) is 27.1. The number of aryl methyl sites for hydroxylation is 1. The number of nitrogens with one attached hydrogen (secondary N) is 1. The number of benzene rings is 3. The fraction of sp³-hybridized carbons (Fsp3) is 0.242. The molecule has 0 spiro atoms. The highest BCUT2D eigenvalue weighted by Crippen LogP contribution is 2.28. The number of hydrogen-bond donors (Lipinski definition) is 1. The van der Waals surface area contributed by atoms with Gasteiger partial charge < -0.3 is 4.74 Å². The normalized spacial score (nSPS) is 13.0. The Kier molecular flexibility index (Phi) is 7.39. The fourth-order valence-electron chi connectivity index (χ4n) is 5.44. The average molecular weight is 561 g/mol. The van der Waals surface area contributed by atoms with Gasteiger partial charge in [0.2, 0.25) is 11.7 Å². The Labute approximate surface area is 243 Å². The van der Waals surface area contributed by atoms with Crippen molar-refractivity contribution in [1.82, 2.24) is 24.6 Å². The van der Waals surface area contributed by atoms with Crippen molar-refractivity contribution in [3.8, 4) is 22.6 Å². The van der Waals surface area contributed by atoms with Crippen LogP contribution in [0.5, 0.6) is 5.75 Å². The van der Waals surface area contributed by atoms with E-state index in [1.807, 2.05) is 86.6 Å². The summed E-state index contributed by atoms with van der Waals surface area (Å²) in [4.78, 5) is 30.8. The number of nitrogens with zero attached hydrogens (tertiary/aromatic N) is 5. The summed E-state index contributed by atoms with van der Waals surface area (Å²) in [5.41, 5.74) is 9.12. The van der Waals surface area contributed by atoms with Crippen LogP contribution in [0.1, 0.15) is 56.0 Å². The van der Waals surface area contributed by atoms with Crippen molar-refractivity contribution in [1.29, 1.82) is 0 Å². The van der Waals surface area contributed by atoms with Gasteiger partial charge in [0.15, 0.2) is 0 Å². The van der Waals surface area contributed by atoms with Crippen LogP contribution in [-0.4, -0.2) is 36.9 Å². The summed E-state index contributed by atoms with van der Waals surface area (Å²) in [6.45, 7) is 6.03. The van der Waals surface area contributed by atoms with Gasteiger partial charge in [-0.2, -0.15) is 15.2 Å². The lowest BCUT2D eigenvalue weighted by molar-refractivity contribution is -0.119. The summed E-state index contributed by atoms with van der Waals surface area (Å²) in [6.07, 6.45) is 3.64. The predicted octanol–water partition coefficient (Wildman–Crippen LogP) is 5.10. The number of carbonyl (C=O) groups excluding carboxylic acids is 1. The van der Waals surface area contributed by atoms with Crippen molar-refractivity contribution in [2.24, 2.45) is 5.10 Å². The molecule has 42 heavy (non-hydrogen) atoms. The zero-order chi connectivity index (χ0) is 29.2. The SMILES string of the molecule is CCCc1c(Cc2ccc(-c3ccccc3)c(C3=NNC(=O)C3)c2)c(=O)n(-c2ccc(OC(C)C)cc2)c2ncnn12. The van der Waals surface area contributed by atoms with Crippen LogP contribution in [0.3, 0.4) is 0 Å². The lowest BCUT2D eigenvalue weighted by atomic mass is 9.91. The monoisotopic (exact) mass is 560 g/mol. The summed E-state index contributed by atoms with van der Waals surface area (Å²) in [5.74, 6) is 1.06. The molecule has 0 unspecified atom stereocenters. The van der Waals surface area contributed by atoms with Gasteiger partial charge in [-0.3, -0.25) is 9.59 Å². The van der Waals surface area contributed by atoms with Crippen LogP contribution in [0, 0.1) is 0 Å². The minimum atomic E-state index is -0.139. The van der Waals surface area contributed by atoms with Gasteiger partial charge in [-0.15, -0.1) is 0 Å². The number of rotatable bonds is 9. The molecule has 0 aliphatic carbocycles. The maximum atomic E-state index is 14.3. The van der Waals surface area contributed by atoms with Crippen LogP contribution in [-0.2, 0) is 17.6 Å². The molecule has 0 radical (unpaired) electrons. The second-order valence-electron chi connectivity index (χ2n) is 10.6. The largest absolute Gasteiger partial charge is 0.491 e. The minimum absolute atomic E-state index is 0.0453. The molecule has 0 fully saturated rings. The molecule has 1 aliphatic rings. The molecular weight excluding hydrogens is 528 g/mol.